The minimum absolute atomic E-state index is 0. The summed E-state index contributed by atoms with van der Waals surface area (Å²) in [5.74, 6) is -0.489. The summed E-state index contributed by atoms with van der Waals surface area (Å²) in [6.45, 7) is 0. The van der Waals surface area contributed by atoms with Crippen LogP contribution in [0.2, 0.25) is 0 Å². The van der Waals surface area contributed by atoms with E-state index in [1.807, 2.05) is 30.3 Å². The fourth-order valence-corrected chi connectivity index (χ4v) is 3.24. The largest absolute Gasteiger partial charge is 0.478 e. The van der Waals surface area contributed by atoms with Crippen molar-refractivity contribution in [3.8, 4) is 0 Å². The molecule has 0 amide bonds. The van der Waals surface area contributed by atoms with Crippen LogP contribution >= 0.6 is 24.2 Å². The van der Waals surface area contributed by atoms with Crippen molar-refractivity contribution in [2.24, 2.45) is 7.05 Å². The van der Waals surface area contributed by atoms with Crippen molar-refractivity contribution in [1.82, 2.24) is 14.8 Å². The average molecular weight is 407 g/mol. The third-order valence-corrected chi connectivity index (χ3v) is 4.84. The molecule has 1 aromatic heterocycles. The van der Waals surface area contributed by atoms with Gasteiger partial charge in [0.1, 0.15) is 5.82 Å². The molecule has 8 nitrogen and oxygen atoms in total. The first-order valence-corrected chi connectivity index (χ1v) is 8.39. The number of carbonyl (C=O) groups is 1. The highest BCUT2D eigenvalue weighted by atomic mass is 35.5. The molecule has 0 bridgehead atoms. The molecule has 1 N–H and O–H groups in total. The van der Waals surface area contributed by atoms with E-state index < -0.39 is 10.9 Å². The summed E-state index contributed by atoms with van der Waals surface area (Å²) in [6, 6.07) is 13.6. The minimum Gasteiger partial charge on any atom is -0.478 e. The van der Waals surface area contributed by atoms with Gasteiger partial charge < -0.3 is 9.67 Å². The first-order chi connectivity index (χ1) is 12.5. The van der Waals surface area contributed by atoms with Crippen molar-refractivity contribution in [1.29, 1.82) is 0 Å². The maximum absolute atomic E-state index is 11.3. The lowest BCUT2D eigenvalue weighted by atomic mass is 10.1. The summed E-state index contributed by atoms with van der Waals surface area (Å²) < 4.78 is 1.77. The number of carboxylic acids is 1. The highest BCUT2D eigenvalue weighted by Gasteiger charge is 2.20. The zero-order chi connectivity index (χ0) is 18.7. The van der Waals surface area contributed by atoms with Gasteiger partial charge in [-0.05, 0) is 29.5 Å². The van der Waals surface area contributed by atoms with Crippen LogP contribution in [0.25, 0.3) is 0 Å². The number of aromatic carboxylic acids is 1. The smallest absolute Gasteiger partial charge is 0.335 e. The molecule has 1 heterocycles. The Hall–Kier alpha value is -2.91. The molecule has 10 heteroatoms. The molecule has 0 fully saturated rings. The van der Waals surface area contributed by atoms with Crippen molar-refractivity contribution >= 4 is 35.8 Å². The maximum atomic E-state index is 11.3. The Bertz CT molecular complexity index is 978. The number of nitro benzene ring substituents is 1. The molecule has 0 saturated carbocycles. The van der Waals surface area contributed by atoms with Crippen LogP contribution in [-0.2, 0) is 13.5 Å². The molecule has 0 aliphatic carbocycles. The summed E-state index contributed by atoms with van der Waals surface area (Å²) in [6.07, 6.45) is 0.588. The molecular formula is C17H15ClN4O4S. The quantitative estimate of drug-likeness (QED) is 0.491. The molecule has 3 aromatic rings. The van der Waals surface area contributed by atoms with Crippen LogP contribution in [0.4, 0.5) is 5.69 Å². The third kappa shape index (κ3) is 4.63. The predicted octanol–water partition coefficient (Wildman–Crippen LogP) is 3.59. The van der Waals surface area contributed by atoms with Crippen LogP contribution in [0.3, 0.4) is 0 Å². The van der Waals surface area contributed by atoms with E-state index in [2.05, 4.69) is 10.2 Å². The number of nitrogens with zero attached hydrogens (tertiary/aromatic N) is 4. The van der Waals surface area contributed by atoms with Gasteiger partial charge in [-0.3, -0.25) is 10.1 Å². The van der Waals surface area contributed by atoms with Crippen molar-refractivity contribution in [2.45, 2.75) is 16.5 Å². The molecule has 0 radical (unpaired) electrons. The van der Waals surface area contributed by atoms with Crippen LogP contribution in [0.15, 0.2) is 58.6 Å². The molecule has 0 spiro atoms. The average Bonchev–Trinajstić information content (AvgIpc) is 2.96. The molecule has 0 unspecified atom stereocenters. The zero-order valence-electron chi connectivity index (χ0n) is 14.1. The Labute approximate surface area is 164 Å². The predicted molar refractivity (Wildman–Crippen MR) is 102 cm³/mol. The first-order valence-electron chi connectivity index (χ1n) is 7.57. The molecule has 3 rings (SSSR count). The molecule has 27 heavy (non-hydrogen) atoms. The van der Waals surface area contributed by atoms with E-state index in [-0.39, 0.29) is 23.7 Å². The van der Waals surface area contributed by atoms with Crippen molar-refractivity contribution < 1.29 is 14.8 Å². The molecule has 0 aliphatic rings. The Morgan fingerprint density at radius 2 is 1.93 bits per heavy atom. The van der Waals surface area contributed by atoms with Gasteiger partial charge >= 0.3 is 5.97 Å². The lowest BCUT2D eigenvalue weighted by Crippen LogP contribution is -2.01. The van der Waals surface area contributed by atoms with E-state index in [0.29, 0.717) is 16.5 Å². The maximum Gasteiger partial charge on any atom is 0.335 e. The molecular weight excluding hydrogens is 392 g/mol. The van der Waals surface area contributed by atoms with E-state index in [1.165, 1.54) is 12.1 Å². The van der Waals surface area contributed by atoms with E-state index >= 15 is 0 Å². The van der Waals surface area contributed by atoms with E-state index in [0.717, 1.165) is 29.2 Å². The zero-order valence-corrected chi connectivity index (χ0v) is 15.7. The SMILES string of the molecule is Cl.Cn1c(Cc2ccccc2)nnc1Sc1ccc(C(=O)O)cc1[N+](=O)[O-]. The summed E-state index contributed by atoms with van der Waals surface area (Å²) in [4.78, 5) is 22.0. The van der Waals surface area contributed by atoms with Crippen molar-refractivity contribution in [3.63, 3.8) is 0 Å². The molecule has 2 aromatic carbocycles. The van der Waals surface area contributed by atoms with Gasteiger partial charge in [0.05, 0.1) is 15.4 Å². The Morgan fingerprint density at radius 3 is 2.56 bits per heavy atom. The standard InChI is InChI=1S/C17H14N4O4S.ClH/c1-20-15(9-11-5-3-2-4-6-11)18-19-17(20)26-14-8-7-12(16(22)23)10-13(14)21(24)25;/h2-8,10H,9H2,1H3,(H,22,23);1H. The van der Waals surface area contributed by atoms with Crippen LogP contribution in [-0.4, -0.2) is 30.8 Å². The van der Waals surface area contributed by atoms with Gasteiger partial charge in [-0.25, -0.2) is 4.79 Å². The summed E-state index contributed by atoms with van der Waals surface area (Å²) in [5.41, 5.74) is 0.669. The Morgan fingerprint density at radius 1 is 1.22 bits per heavy atom. The number of hydrogen-bond donors (Lipinski definition) is 1. The highest BCUT2D eigenvalue weighted by molar-refractivity contribution is 7.99. The number of rotatable bonds is 6. The van der Waals surface area contributed by atoms with Gasteiger partial charge in [-0.1, -0.05) is 30.3 Å². The van der Waals surface area contributed by atoms with Crippen LogP contribution < -0.4 is 0 Å². The summed E-state index contributed by atoms with van der Waals surface area (Å²) in [5, 5.41) is 29.0. The van der Waals surface area contributed by atoms with Gasteiger partial charge in [-0.15, -0.1) is 22.6 Å². The van der Waals surface area contributed by atoms with Gasteiger partial charge in [0.25, 0.3) is 5.69 Å². The summed E-state index contributed by atoms with van der Waals surface area (Å²) in [7, 11) is 1.79. The third-order valence-electron chi connectivity index (χ3n) is 3.73. The second-order valence-electron chi connectivity index (χ2n) is 5.47. The number of nitro groups is 1. The summed E-state index contributed by atoms with van der Waals surface area (Å²) >= 11 is 1.08. The van der Waals surface area contributed by atoms with Crippen LogP contribution in [0, 0.1) is 10.1 Å². The first kappa shape index (κ1) is 20.4. The molecule has 0 saturated heterocycles. The number of aromatic nitrogens is 3. The van der Waals surface area contributed by atoms with E-state index in [9.17, 15) is 14.9 Å². The van der Waals surface area contributed by atoms with Gasteiger partial charge in [0, 0.05) is 19.5 Å². The highest BCUT2D eigenvalue weighted by Crippen LogP contribution is 2.34. The van der Waals surface area contributed by atoms with E-state index in [1.54, 1.807) is 11.6 Å². The number of halogens is 1. The number of carboxylic acid groups (broad SMARTS) is 1. The van der Waals surface area contributed by atoms with E-state index in [4.69, 9.17) is 5.11 Å². The topological polar surface area (TPSA) is 111 Å². The van der Waals surface area contributed by atoms with Crippen LogP contribution in [0.1, 0.15) is 21.7 Å². The van der Waals surface area contributed by atoms with Crippen LogP contribution in [0.5, 0.6) is 0 Å². The molecule has 0 atom stereocenters. The Kier molecular flexibility index (Phi) is 6.54. The lowest BCUT2D eigenvalue weighted by Gasteiger charge is -2.05. The molecule has 140 valence electrons. The fraction of sp³-hybridized carbons (Fsp3) is 0.118. The van der Waals surface area contributed by atoms with Crippen molar-refractivity contribution in [3.05, 3.63) is 75.6 Å². The number of hydrogen-bond acceptors (Lipinski definition) is 6. The van der Waals surface area contributed by atoms with Gasteiger partial charge in [0.15, 0.2) is 5.16 Å². The van der Waals surface area contributed by atoms with Crippen molar-refractivity contribution in [2.75, 3.05) is 0 Å². The second kappa shape index (κ2) is 8.65. The van der Waals surface area contributed by atoms with Gasteiger partial charge in [-0.2, -0.15) is 0 Å². The molecule has 0 aliphatic heterocycles. The number of benzene rings is 2. The minimum atomic E-state index is -1.21. The fourth-order valence-electron chi connectivity index (χ4n) is 2.34. The normalized spacial score (nSPS) is 10.3. The van der Waals surface area contributed by atoms with Gasteiger partial charge in [0.2, 0.25) is 0 Å². The lowest BCUT2D eigenvalue weighted by molar-refractivity contribution is -0.387. The second-order valence-corrected chi connectivity index (χ2v) is 6.48. The Balaban J connectivity index is 0.00000261. The monoisotopic (exact) mass is 406 g/mol.